The monoisotopic (exact) mass is 299 g/mol. The van der Waals surface area contributed by atoms with Crippen LogP contribution < -0.4 is 10.1 Å². The first-order valence-electron chi connectivity index (χ1n) is 7.05. The van der Waals surface area contributed by atoms with Crippen molar-refractivity contribution in [2.75, 3.05) is 13.2 Å². The Labute approximate surface area is 122 Å². The molecule has 1 saturated carbocycles. The van der Waals surface area contributed by atoms with E-state index < -0.39 is 23.1 Å². The summed E-state index contributed by atoms with van der Waals surface area (Å²) in [5.74, 6) is -2.51. The smallest absolute Gasteiger partial charge is 0.327 e. The predicted molar refractivity (Wildman–Crippen MR) is 73.2 cm³/mol. The summed E-state index contributed by atoms with van der Waals surface area (Å²) in [6.07, 6.45) is 2.41. The first-order valence-corrected chi connectivity index (χ1v) is 7.05. The Kier molecular flexibility index (Phi) is 4.77. The Balaban J connectivity index is 2.12. The number of rotatable bonds is 8. The average molecular weight is 299 g/mol. The van der Waals surface area contributed by atoms with Crippen molar-refractivity contribution in [3.05, 3.63) is 29.8 Å². The van der Waals surface area contributed by atoms with E-state index in [9.17, 15) is 18.7 Å². The normalized spacial score (nSPS) is 17.3. The molecule has 1 aliphatic carbocycles. The summed E-state index contributed by atoms with van der Waals surface area (Å²) in [7, 11) is 0. The molecule has 0 spiro atoms. The molecule has 0 bridgehead atoms. The second-order valence-electron chi connectivity index (χ2n) is 5.37. The van der Waals surface area contributed by atoms with Gasteiger partial charge in [-0.3, -0.25) is 10.1 Å². The van der Waals surface area contributed by atoms with Gasteiger partial charge in [-0.2, -0.15) is 0 Å². The topological polar surface area (TPSA) is 58.6 Å². The predicted octanol–water partition coefficient (Wildman–Crippen LogP) is 2.58. The van der Waals surface area contributed by atoms with Gasteiger partial charge in [0.25, 0.3) is 0 Å². The van der Waals surface area contributed by atoms with Crippen molar-refractivity contribution in [3.63, 3.8) is 0 Å². The van der Waals surface area contributed by atoms with E-state index in [2.05, 4.69) is 5.32 Å². The molecule has 1 aliphatic rings. The van der Waals surface area contributed by atoms with Crippen molar-refractivity contribution < 1.29 is 23.4 Å². The quantitative estimate of drug-likeness (QED) is 0.774. The molecule has 0 heterocycles. The van der Waals surface area contributed by atoms with Crippen molar-refractivity contribution in [1.82, 2.24) is 5.32 Å². The molecule has 116 valence electrons. The maximum absolute atomic E-state index is 13.1. The number of carboxylic acids is 1. The summed E-state index contributed by atoms with van der Waals surface area (Å²) in [4.78, 5) is 11.7. The van der Waals surface area contributed by atoms with Crippen LogP contribution in [0.25, 0.3) is 0 Å². The third kappa shape index (κ3) is 3.69. The third-order valence-corrected chi connectivity index (χ3v) is 3.65. The zero-order chi connectivity index (χ0) is 15.5. The summed E-state index contributed by atoms with van der Waals surface area (Å²) >= 11 is 0. The number of hydrogen-bond donors (Lipinski definition) is 2. The number of halogens is 2. The molecule has 1 fully saturated rings. The molecule has 0 amide bonds. The lowest BCUT2D eigenvalue weighted by Gasteiger charge is -2.30. The van der Waals surface area contributed by atoms with Crippen LogP contribution in [0.5, 0.6) is 5.75 Å². The van der Waals surface area contributed by atoms with Gasteiger partial charge >= 0.3 is 5.97 Å². The molecule has 2 N–H and O–H groups in total. The van der Waals surface area contributed by atoms with Gasteiger partial charge < -0.3 is 9.84 Å². The summed E-state index contributed by atoms with van der Waals surface area (Å²) in [5, 5.41) is 12.6. The van der Waals surface area contributed by atoms with Gasteiger partial charge in [-0.15, -0.1) is 0 Å². The van der Waals surface area contributed by atoms with Crippen LogP contribution in [0.15, 0.2) is 18.2 Å². The highest BCUT2D eigenvalue weighted by atomic mass is 19.1. The fourth-order valence-corrected chi connectivity index (χ4v) is 2.36. The van der Waals surface area contributed by atoms with E-state index in [0.717, 1.165) is 37.5 Å². The largest absolute Gasteiger partial charge is 0.491 e. The summed E-state index contributed by atoms with van der Waals surface area (Å²) in [6.45, 7) is 2.33. The summed E-state index contributed by atoms with van der Waals surface area (Å²) < 4.78 is 31.6. The van der Waals surface area contributed by atoms with E-state index in [4.69, 9.17) is 4.74 Å². The van der Waals surface area contributed by atoms with Crippen LogP contribution in [-0.2, 0) is 4.79 Å². The standard InChI is InChI=1S/C15H19F2NO3/c1-2-5-18-15(14(19)20,10-3-4-10)9-21-13-7-11(16)6-12(17)8-13/h6-8,10,18H,2-5,9H2,1H3,(H,19,20). The first kappa shape index (κ1) is 15.7. The first-order chi connectivity index (χ1) is 9.98. The SMILES string of the molecule is CCCNC(COc1cc(F)cc(F)c1)(C(=O)O)C1CC1. The van der Waals surface area contributed by atoms with E-state index >= 15 is 0 Å². The Morgan fingerprint density at radius 3 is 2.48 bits per heavy atom. The Morgan fingerprint density at radius 1 is 1.38 bits per heavy atom. The van der Waals surface area contributed by atoms with Gasteiger partial charge in [-0.05, 0) is 31.7 Å². The number of ether oxygens (including phenoxy) is 1. The van der Waals surface area contributed by atoms with E-state index in [-0.39, 0.29) is 18.3 Å². The fourth-order valence-electron chi connectivity index (χ4n) is 2.36. The lowest BCUT2D eigenvalue weighted by atomic mass is 9.94. The molecule has 4 nitrogen and oxygen atoms in total. The Hall–Kier alpha value is -1.69. The van der Waals surface area contributed by atoms with Crippen LogP contribution in [0.4, 0.5) is 8.78 Å². The number of carboxylic acid groups (broad SMARTS) is 1. The summed E-state index contributed by atoms with van der Waals surface area (Å²) in [5.41, 5.74) is -1.20. The molecule has 6 heteroatoms. The van der Waals surface area contributed by atoms with Crippen molar-refractivity contribution in [1.29, 1.82) is 0 Å². The van der Waals surface area contributed by atoms with Gasteiger partial charge in [0.15, 0.2) is 5.54 Å². The van der Waals surface area contributed by atoms with Crippen molar-refractivity contribution >= 4 is 5.97 Å². The molecule has 2 rings (SSSR count). The third-order valence-electron chi connectivity index (χ3n) is 3.65. The molecular weight excluding hydrogens is 280 g/mol. The minimum atomic E-state index is -1.20. The summed E-state index contributed by atoms with van der Waals surface area (Å²) in [6, 6.07) is 2.83. The molecule has 21 heavy (non-hydrogen) atoms. The lowest BCUT2D eigenvalue weighted by Crippen LogP contribution is -2.58. The molecule has 0 aromatic heterocycles. The molecule has 0 saturated heterocycles. The maximum atomic E-state index is 13.1. The van der Waals surface area contributed by atoms with E-state index in [0.29, 0.717) is 6.54 Å². The number of aliphatic carboxylic acids is 1. The van der Waals surface area contributed by atoms with Crippen LogP contribution in [0.2, 0.25) is 0 Å². The minimum Gasteiger partial charge on any atom is -0.491 e. The van der Waals surface area contributed by atoms with Crippen molar-refractivity contribution in [3.8, 4) is 5.75 Å². The molecule has 1 unspecified atom stereocenters. The molecular formula is C15H19F2NO3. The Morgan fingerprint density at radius 2 is 2.00 bits per heavy atom. The highest BCUT2D eigenvalue weighted by Crippen LogP contribution is 2.40. The Bertz CT molecular complexity index is 499. The second kappa shape index (κ2) is 6.39. The number of hydrogen-bond acceptors (Lipinski definition) is 3. The molecule has 1 aromatic rings. The van der Waals surface area contributed by atoms with Gasteiger partial charge in [0.1, 0.15) is 24.0 Å². The van der Waals surface area contributed by atoms with Crippen LogP contribution in [0.1, 0.15) is 26.2 Å². The number of carbonyl (C=O) groups is 1. The molecule has 0 radical (unpaired) electrons. The number of nitrogens with one attached hydrogen (secondary N) is 1. The van der Waals surface area contributed by atoms with Crippen LogP contribution in [0, 0.1) is 17.6 Å². The second-order valence-corrected chi connectivity index (χ2v) is 5.37. The molecule has 1 atom stereocenters. The maximum Gasteiger partial charge on any atom is 0.327 e. The van der Waals surface area contributed by atoms with Crippen LogP contribution in [0.3, 0.4) is 0 Å². The van der Waals surface area contributed by atoms with Crippen molar-refractivity contribution in [2.45, 2.75) is 31.7 Å². The average Bonchev–Trinajstić information content (AvgIpc) is 3.22. The van der Waals surface area contributed by atoms with Crippen molar-refractivity contribution in [2.24, 2.45) is 5.92 Å². The fraction of sp³-hybridized carbons (Fsp3) is 0.533. The van der Waals surface area contributed by atoms with Crippen LogP contribution >= 0.6 is 0 Å². The van der Waals surface area contributed by atoms with E-state index in [1.54, 1.807) is 0 Å². The van der Waals surface area contributed by atoms with Gasteiger partial charge in [0.05, 0.1) is 0 Å². The zero-order valence-electron chi connectivity index (χ0n) is 11.9. The highest BCUT2D eigenvalue weighted by molar-refractivity contribution is 5.80. The van der Waals surface area contributed by atoms with E-state index in [1.165, 1.54) is 0 Å². The van der Waals surface area contributed by atoms with Crippen LogP contribution in [-0.4, -0.2) is 29.8 Å². The molecule has 0 aliphatic heterocycles. The lowest BCUT2D eigenvalue weighted by molar-refractivity contribution is -0.147. The van der Waals surface area contributed by atoms with Gasteiger partial charge in [0, 0.05) is 18.2 Å². The van der Waals surface area contributed by atoms with Gasteiger partial charge in [-0.25, -0.2) is 8.78 Å². The number of benzene rings is 1. The highest BCUT2D eigenvalue weighted by Gasteiger charge is 2.51. The van der Waals surface area contributed by atoms with E-state index in [1.807, 2.05) is 6.92 Å². The molecule has 1 aromatic carbocycles. The van der Waals surface area contributed by atoms with Gasteiger partial charge in [0.2, 0.25) is 0 Å². The zero-order valence-corrected chi connectivity index (χ0v) is 11.9. The minimum absolute atomic E-state index is 0.00271. The van der Waals surface area contributed by atoms with Gasteiger partial charge in [-0.1, -0.05) is 6.92 Å².